The Kier molecular flexibility index (Phi) is 9.81. The molecule has 1 fully saturated rings. The summed E-state index contributed by atoms with van der Waals surface area (Å²) >= 11 is 0. The predicted octanol–water partition coefficient (Wildman–Crippen LogP) is 3.47. The summed E-state index contributed by atoms with van der Waals surface area (Å²) in [5.74, 6) is 1.55. The summed E-state index contributed by atoms with van der Waals surface area (Å²) in [5.41, 5.74) is 3.50. The second-order valence-corrected chi connectivity index (χ2v) is 7.88. The van der Waals surface area contributed by atoms with Crippen LogP contribution in [0.15, 0.2) is 53.5 Å². The minimum absolute atomic E-state index is 0.244. The molecule has 0 saturated carbocycles. The summed E-state index contributed by atoms with van der Waals surface area (Å²) in [6.45, 7) is 7.58. The molecule has 1 aliphatic rings. The Hall–Kier alpha value is -2.61. The molecule has 0 aliphatic carbocycles. The molecule has 1 heterocycles. The van der Waals surface area contributed by atoms with E-state index >= 15 is 0 Å². The SMILES string of the molecule is CN=C(NCC(c1ccc(C)cc1)N1CCOCC1)Nc1cccc(OCCCOC)c1. The third-order valence-corrected chi connectivity index (χ3v) is 5.49. The largest absolute Gasteiger partial charge is 0.493 e. The van der Waals surface area contributed by atoms with Crippen molar-refractivity contribution in [1.82, 2.24) is 10.2 Å². The van der Waals surface area contributed by atoms with Crippen molar-refractivity contribution in [3.63, 3.8) is 0 Å². The number of nitrogens with one attached hydrogen (secondary N) is 2. The molecule has 1 saturated heterocycles. The Morgan fingerprint density at radius 1 is 1.12 bits per heavy atom. The van der Waals surface area contributed by atoms with E-state index in [0.717, 1.165) is 56.7 Å². The van der Waals surface area contributed by atoms with Gasteiger partial charge in [0, 0.05) is 58.6 Å². The molecule has 0 spiro atoms. The van der Waals surface area contributed by atoms with Crippen LogP contribution in [0.25, 0.3) is 0 Å². The van der Waals surface area contributed by atoms with Crippen molar-refractivity contribution in [1.29, 1.82) is 0 Å². The molecule has 2 N–H and O–H groups in total. The lowest BCUT2D eigenvalue weighted by molar-refractivity contribution is 0.0170. The monoisotopic (exact) mass is 440 g/mol. The molecule has 1 atom stereocenters. The lowest BCUT2D eigenvalue weighted by atomic mass is 10.0. The van der Waals surface area contributed by atoms with Gasteiger partial charge < -0.3 is 24.8 Å². The first-order chi connectivity index (χ1) is 15.7. The minimum Gasteiger partial charge on any atom is -0.493 e. The lowest BCUT2D eigenvalue weighted by Gasteiger charge is -2.35. The van der Waals surface area contributed by atoms with Crippen LogP contribution in [0, 0.1) is 6.92 Å². The molecule has 32 heavy (non-hydrogen) atoms. The van der Waals surface area contributed by atoms with Gasteiger partial charge in [0.1, 0.15) is 5.75 Å². The molecule has 174 valence electrons. The number of methoxy groups -OCH3 is 1. The summed E-state index contributed by atoms with van der Waals surface area (Å²) in [6, 6.07) is 17.0. The van der Waals surface area contributed by atoms with Crippen molar-refractivity contribution < 1.29 is 14.2 Å². The van der Waals surface area contributed by atoms with Crippen molar-refractivity contribution in [2.75, 3.05) is 65.5 Å². The molecule has 7 nitrogen and oxygen atoms in total. The number of rotatable bonds is 10. The van der Waals surface area contributed by atoms with Gasteiger partial charge in [0.15, 0.2) is 5.96 Å². The smallest absolute Gasteiger partial charge is 0.195 e. The Morgan fingerprint density at radius 2 is 1.91 bits per heavy atom. The molecular weight excluding hydrogens is 404 g/mol. The van der Waals surface area contributed by atoms with Crippen molar-refractivity contribution in [3.8, 4) is 5.75 Å². The maximum atomic E-state index is 5.81. The highest BCUT2D eigenvalue weighted by molar-refractivity contribution is 5.93. The van der Waals surface area contributed by atoms with Crippen molar-refractivity contribution in [3.05, 3.63) is 59.7 Å². The van der Waals surface area contributed by atoms with E-state index in [1.54, 1.807) is 14.2 Å². The second kappa shape index (κ2) is 13.1. The lowest BCUT2D eigenvalue weighted by Crippen LogP contribution is -2.44. The van der Waals surface area contributed by atoms with E-state index in [-0.39, 0.29) is 6.04 Å². The van der Waals surface area contributed by atoms with Crippen molar-refractivity contribution >= 4 is 11.6 Å². The molecule has 0 bridgehead atoms. The van der Waals surface area contributed by atoms with Gasteiger partial charge in [0.05, 0.1) is 25.9 Å². The van der Waals surface area contributed by atoms with Gasteiger partial charge in [-0.05, 0) is 24.6 Å². The molecule has 1 aliphatic heterocycles. The first kappa shape index (κ1) is 24.0. The first-order valence-electron chi connectivity index (χ1n) is 11.3. The van der Waals surface area contributed by atoms with E-state index in [2.05, 4.69) is 51.7 Å². The van der Waals surface area contributed by atoms with E-state index in [4.69, 9.17) is 14.2 Å². The Morgan fingerprint density at radius 3 is 2.62 bits per heavy atom. The standard InChI is InChI=1S/C25H36N4O3/c1-20-8-10-21(11-9-20)24(29-12-16-31-17-13-29)19-27-25(26-2)28-22-6-4-7-23(18-22)32-15-5-14-30-3/h4,6-11,18,24H,5,12-17,19H2,1-3H3,(H2,26,27,28). The molecule has 3 rings (SSSR count). The van der Waals surface area contributed by atoms with Crippen LogP contribution in [-0.4, -0.2) is 71.1 Å². The summed E-state index contributed by atoms with van der Waals surface area (Å²) in [7, 11) is 3.49. The first-order valence-corrected chi connectivity index (χ1v) is 11.3. The maximum absolute atomic E-state index is 5.81. The normalized spacial score (nSPS) is 15.9. The van der Waals surface area contributed by atoms with Crippen LogP contribution in [-0.2, 0) is 9.47 Å². The average molecular weight is 441 g/mol. The highest BCUT2D eigenvalue weighted by Gasteiger charge is 2.23. The highest BCUT2D eigenvalue weighted by Crippen LogP contribution is 2.22. The number of anilines is 1. The van der Waals surface area contributed by atoms with E-state index in [9.17, 15) is 0 Å². The molecule has 0 amide bonds. The van der Waals surface area contributed by atoms with Gasteiger partial charge in [-0.2, -0.15) is 0 Å². The number of morpholine rings is 1. The quantitative estimate of drug-likeness (QED) is 0.335. The van der Waals surface area contributed by atoms with Gasteiger partial charge >= 0.3 is 0 Å². The molecular formula is C25H36N4O3. The minimum atomic E-state index is 0.244. The fourth-order valence-corrected chi connectivity index (χ4v) is 3.70. The average Bonchev–Trinajstić information content (AvgIpc) is 2.83. The summed E-state index contributed by atoms with van der Waals surface area (Å²) < 4.78 is 16.4. The van der Waals surface area contributed by atoms with E-state index < -0.39 is 0 Å². The molecule has 0 aromatic heterocycles. The maximum Gasteiger partial charge on any atom is 0.195 e. The van der Waals surface area contributed by atoms with Crippen LogP contribution < -0.4 is 15.4 Å². The van der Waals surface area contributed by atoms with Crippen LogP contribution in [0.5, 0.6) is 5.75 Å². The van der Waals surface area contributed by atoms with Crippen LogP contribution in [0.4, 0.5) is 5.69 Å². The van der Waals surface area contributed by atoms with Gasteiger partial charge in [0.25, 0.3) is 0 Å². The number of hydrogen-bond acceptors (Lipinski definition) is 5. The number of hydrogen-bond donors (Lipinski definition) is 2. The third kappa shape index (κ3) is 7.51. The fourth-order valence-electron chi connectivity index (χ4n) is 3.70. The third-order valence-electron chi connectivity index (χ3n) is 5.49. The second-order valence-electron chi connectivity index (χ2n) is 7.88. The van der Waals surface area contributed by atoms with Crippen LogP contribution in [0.2, 0.25) is 0 Å². The van der Waals surface area contributed by atoms with Crippen LogP contribution in [0.1, 0.15) is 23.6 Å². The fraction of sp³-hybridized carbons (Fsp3) is 0.480. The Labute approximate surface area is 191 Å². The zero-order valence-corrected chi connectivity index (χ0v) is 19.5. The van der Waals surface area contributed by atoms with Crippen molar-refractivity contribution in [2.24, 2.45) is 4.99 Å². The highest BCUT2D eigenvalue weighted by atomic mass is 16.5. The zero-order chi connectivity index (χ0) is 22.6. The Bertz CT molecular complexity index is 835. The van der Waals surface area contributed by atoms with Crippen LogP contribution >= 0.6 is 0 Å². The number of benzene rings is 2. The van der Waals surface area contributed by atoms with Gasteiger partial charge in [-0.25, -0.2) is 0 Å². The molecule has 2 aromatic rings. The number of aryl methyl sites for hydroxylation is 1. The van der Waals surface area contributed by atoms with E-state index in [1.807, 2.05) is 24.3 Å². The number of nitrogens with zero attached hydrogens (tertiary/aromatic N) is 2. The number of aliphatic imine (C=N–C) groups is 1. The van der Waals surface area contributed by atoms with Gasteiger partial charge in [-0.15, -0.1) is 0 Å². The van der Waals surface area contributed by atoms with Gasteiger partial charge in [-0.1, -0.05) is 35.9 Å². The molecule has 0 radical (unpaired) electrons. The topological polar surface area (TPSA) is 67.4 Å². The zero-order valence-electron chi connectivity index (χ0n) is 19.5. The van der Waals surface area contributed by atoms with Crippen molar-refractivity contribution in [2.45, 2.75) is 19.4 Å². The number of guanidine groups is 1. The summed E-state index contributed by atoms with van der Waals surface area (Å²) in [6.07, 6.45) is 0.860. The molecule has 7 heteroatoms. The van der Waals surface area contributed by atoms with Gasteiger partial charge in [-0.3, -0.25) is 9.89 Å². The summed E-state index contributed by atoms with van der Waals surface area (Å²) in [5, 5.41) is 6.89. The molecule has 1 unspecified atom stereocenters. The predicted molar refractivity (Wildman–Crippen MR) is 130 cm³/mol. The number of ether oxygens (including phenoxy) is 3. The van der Waals surface area contributed by atoms with Crippen LogP contribution in [0.3, 0.4) is 0 Å². The van der Waals surface area contributed by atoms with E-state index in [1.165, 1.54) is 11.1 Å². The Balaban J connectivity index is 1.61. The molecule has 2 aromatic carbocycles. The van der Waals surface area contributed by atoms with Gasteiger partial charge in [0.2, 0.25) is 0 Å². The van der Waals surface area contributed by atoms with E-state index in [0.29, 0.717) is 13.2 Å². The summed E-state index contributed by atoms with van der Waals surface area (Å²) in [4.78, 5) is 6.89.